The van der Waals surface area contributed by atoms with Crippen molar-refractivity contribution in [2.24, 2.45) is 5.92 Å². The molecule has 0 aromatic heterocycles. The van der Waals surface area contributed by atoms with Crippen LogP contribution in [0.1, 0.15) is 50.2 Å². The minimum Gasteiger partial charge on any atom is -0.507 e. The third-order valence-corrected chi connectivity index (χ3v) is 5.99. The number of phenolic OH excluding ortho intramolecular Hbond substituents is 1. The van der Waals surface area contributed by atoms with Gasteiger partial charge >= 0.3 is 0 Å². The molecule has 2 N–H and O–H groups in total. The molecule has 1 heterocycles. The van der Waals surface area contributed by atoms with Crippen molar-refractivity contribution in [2.45, 2.75) is 61.6 Å². The van der Waals surface area contributed by atoms with Gasteiger partial charge in [-0.2, -0.15) is 0 Å². The highest BCUT2D eigenvalue weighted by Crippen LogP contribution is 2.58. The molecule has 27 heavy (non-hydrogen) atoms. The molecule has 1 aromatic carbocycles. The molecule has 3 atom stereocenters. The third kappa shape index (κ3) is 3.50. The van der Waals surface area contributed by atoms with E-state index in [9.17, 15) is 10.2 Å². The molecular formula is C19H21B5O3. The fraction of sp³-hybridized carbons (Fsp3) is 0.579. The van der Waals surface area contributed by atoms with Crippen molar-refractivity contribution in [3.63, 3.8) is 0 Å². The van der Waals surface area contributed by atoms with Crippen molar-refractivity contribution in [1.82, 2.24) is 0 Å². The zero-order chi connectivity index (χ0) is 20.2. The van der Waals surface area contributed by atoms with Crippen LogP contribution in [0.4, 0.5) is 0 Å². The topological polar surface area (TPSA) is 49.7 Å². The molecule has 2 aliphatic rings. The zero-order valence-corrected chi connectivity index (χ0v) is 15.9. The van der Waals surface area contributed by atoms with E-state index >= 15 is 0 Å². The molecule has 130 valence electrons. The normalized spacial score (nSPS) is 27.9. The fourth-order valence-corrected chi connectivity index (χ4v) is 4.38. The van der Waals surface area contributed by atoms with E-state index in [0.717, 1.165) is 18.4 Å². The van der Waals surface area contributed by atoms with Gasteiger partial charge in [-0.15, -0.1) is 0 Å². The van der Waals surface area contributed by atoms with Gasteiger partial charge in [0.15, 0.2) is 0 Å². The lowest BCUT2D eigenvalue weighted by Gasteiger charge is -2.56. The number of rotatable bonds is 4. The predicted molar refractivity (Wildman–Crippen MR) is 111 cm³/mol. The Bertz CT molecular complexity index is 766. The number of fused-ring (bicyclic) bond motifs is 3. The molecule has 3 rings (SSSR count). The van der Waals surface area contributed by atoms with Crippen LogP contribution in [0.25, 0.3) is 0 Å². The van der Waals surface area contributed by atoms with Crippen LogP contribution in [0.2, 0.25) is 5.11 Å². The van der Waals surface area contributed by atoms with Crippen molar-refractivity contribution < 1.29 is 14.9 Å². The van der Waals surface area contributed by atoms with Gasteiger partial charge in [0.05, 0.1) is 29.1 Å². The van der Waals surface area contributed by atoms with Gasteiger partial charge < -0.3 is 14.9 Å². The van der Waals surface area contributed by atoms with Crippen LogP contribution in [-0.2, 0) is 6.42 Å². The Morgan fingerprint density at radius 1 is 1.22 bits per heavy atom. The average Bonchev–Trinajstić information content (AvgIpc) is 2.52. The largest absolute Gasteiger partial charge is 0.507 e. The van der Waals surface area contributed by atoms with Crippen LogP contribution in [0.15, 0.2) is 23.8 Å². The van der Waals surface area contributed by atoms with E-state index in [0.29, 0.717) is 29.7 Å². The summed E-state index contributed by atoms with van der Waals surface area (Å²) in [5.74, 6) is 0.0496. The quantitative estimate of drug-likeness (QED) is 0.638. The Balaban J connectivity index is 2.21. The third-order valence-electron chi connectivity index (χ3n) is 5.99. The number of aromatic hydroxyl groups is 1. The number of hydrogen-bond acceptors (Lipinski definition) is 3. The van der Waals surface area contributed by atoms with E-state index in [1.54, 1.807) is 19.1 Å². The monoisotopic (exact) mass is 352 g/mol. The summed E-state index contributed by atoms with van der Waals surface area (Å²) < 4.78 is 6.25. The summed E-state index contributed by atoms with van der Waals surface area (Å²) in [6.07, 6.45) is 4.50. The summed E-state index contributed by atoms with van der Waals surface area (Å²) in [7, 11) is 29.7. The second kappa shape index (κ2) is 6.72. The first kappa shape index (κ1) is 20.6. The number of aryl methyl sites for hydroxylation is 1. The Morgan fingerprint density at radius 2 is 1.89 bits per heavy atom. The number of benzene rings is 1. The van der Waals surface area contributed by atoms with E-state index in [2.05, 4.69) is 6.92 Å². The minimum atomic E-state index is -1.93. The minimum absolute atomic E-state index is 0.125. The molecule has 3 nitrogen and oxygen atoms in total. The first-order valence-electron chi connectivity index (χ1n) is 9.31. The fourth-order valence-electron chi connectivity index (χ4n) is 4.38. The van der Waals surface area contributed by atoms with Gasteiger partial charge in [-0.05, 0) is 43.9 Å². The van der Waals surface area contributed by atoms with E-state index in [1.807, 2.05) is 6.07 Å². The first-order chi connectivity index (χ1) is 12.4. The molecular weight excluding hydrogens is 330 g/mol. The molecule has 0 spiro atoms. The summed E-state index contributed by atoms with van der Waals surface area (Å²) in [6, 6.07) is 3.63. The number of allylic oxidation sites excluding steroid dienone is 1. The number of phenols is 1. The lowest BCUT2D eigenvalue weighted by molar-refractivity contribution is -0.00637. The molecule has 10 radical (unpaired) electrons. The predicted octanol–water partition coefficient (Wildman–Crippen LogP) is 1.48. The van der Waals surface area contributed by atoms with Crippen LogP contribution in [0.3, 0.4) is 0 Å². The summed E-state index contributed by atoms with van der Waals surface area (Å²) in [5.41, 5.74) is 0.960. The maximum Gasteiger partial charge on any atom is 0.127 e. The van der Waals surface area contributed by atoms with Crippen molar-refractivity contribution >= 4 is 39.2 Å². The van der Waals surface area contributed by atoms with Crippen molar-refractivity contribution in [2.75, 3.05) is 0 Å². The van der Waals surface area contributed by atoms with Gasteiger partial charge in [-0.3, -0.25) is 0 Å². The molecule has 0 amide bonds. The summed E-state index contributed by atoms with van der Waals surface area (Å²) in [4.78, 5) is 0. The Morgan fingerprint density at radius 3 is 2.44 bits per heavy atom. The standard InChI is InChI=1S/C19H21B5O3/c1-3-4-10-7-14(25)16-12-9-11(18(20,21)26)5-6-13(12)17(2,19(22,23)24)27-15(16)8-10/h7-9,12-13,25-26H,3-6H2,1-2H3. The van der Waals surface area contributed by atoms with Crippen molar-refractivity contribution in [3.8, 4) is 11.5 Å². The smallest absolute Gasteiger partial charge is 0.127 e. The Labute approximate surface area is 168 Å². The molecule has 1 aromatic rings. The van der Waals surface area contributed by atoms with E-state index in [1.165, 1.54) is 0 Å². The maximum atomic E-state index is 10.7. The van der Waals surface area contributed by atoms with Gasteiger partial charge in [-0.25, -0.2) is 0 Å². The van der Waals surface area contributed by atoms with E-state index in [4.69, 9.17) is 44.0 Å². The number of ether oxygens (including phenoxy) is 1. The average molecular weight is 351 g/mol. The molecule has 1 aliphatic heterocycles. The lowest BCUT2D eigenvalue weighted by atomic mass is 9.33. The molecule has 0 bridgehead atoms. The second-order valence-electron chi connectivity index (χ2n) is 8.11. The van der Waals surface area contributed by atoms with Gasteiger partial charge in [0.2, 0.25) is 0 Å². The summed E-state index contributed by atoms with van der Waals surface area (Å²) in [5, 5.41) is 17.3. The highest BCUT2D eigenvalue weighted by Gasteiger charge is 2.53. The van der Waals surface area contributed by atoms with Crippen LogP contribution in [-0.4, -0.2) is 60.4 Å². The first-order valence-corrected chi connectivity index (χ1v) is 9.31. The van der Waals surface area contributed by atoms with Gasteiger partial charge in [-0.1, -0.05) is 30.1 Å². The van der Waals surface area contributed by atoms with Crippen LogP contribution < -0.4 is 4.74 Å². The molecule has 0 saturated heterocycles. The molecule has 0 saturated carbocycles. The number of aliphatic hydroxyl groups is 1. The summed E-state index contributed by atoms with van der Waals surface area (Å²) in [6.45, 7) is 3.84. The highest BCUT2D eigenvalue weighted by atomic mass is 16.5. The van der Waals surface area contributed by atoms with Crippen molar-refractivity contribution in [3.05, 3.63) is 34.9 Å². The van der Waals surface area contributed by atoms with Crippen molar-refractivity contribution in [1.29, 1.82) is 0 Å². The lowest BCUT2D eigenvalue weighted by Crippen LogP contribution is -2.57. The maximum absolute atomic E-state index is 10.7. The SMILES string of the molecule is [B]C([B])(O)C1=CC2c3c(O)cc(CCC)cc3OC(C)(C([B])([B])[B])C2CC1. The zero-order valence-electron chi connectivity index (χ0n) is 15.9. The van der Waals surface area contributed by atoms with Crippen LogP contribution in [0.5, 0.6) is 11.5 Å². The van der Waals surface area contributed by atoms with Crippen LogP contribution >= 0.6 is 0 Å². The van der Waals surface area contributed by atoms with Crippen LogP contribution in [0, 0.1) is 5.92 Å². The second-order valence-corrected chi connectivity index (χ2v) is 8.11. The Kier molecular flexibility index (Phi) is 5.12. The number of hydrogen-bond donors (Lipinski definition) is 2. The molecule has 8 heteroatoms. The molecule has 1 aliphatic carbocycles. The summed E-state index contributed by atoms with van der Waals surface area (Å²) >= 11 is 0. The van der Waals surface area contributed by atoms with Gasteiger partial charge in [0.1, 0.15) is 27.2 Å². The Hall–Kier alpha value is -1.16. The van der Waals surface area contributed by atoms with E-state index < -0.39 is 16.1 Å². The highest BCUT2D eigenvalue weighted by molar-refractivity contribution is 6.59. The van der Waals surface area contributed by atoms with Gasteiger partial charge in [0.25, 0.3) is 0 Å². The van der Waals surface area contributed by atoms with Gasteiger partial charge in [0, 0.05) is 22.8 Å². The van der Waals surface area contributed by atoms with E-state index in [-0.39, 0.29) is 17.6 Å². The molecule has 0 fully saturated rings. The molecule has 3 unspecified atom stereocenters.